The van der Waals surface area contributed by atoms with Gasteiger partial charge in [-0.3, -0.25) is 18.8 Å². The summed E-state index contributed by atoms with van der Waals surface area (Å²) in [7, 11) is 3.56. The maximum atomic E-state index is 12.7. The Labute approximate surface area is 155 Å². The lowest BCUT2D eigenvalue weighted by Crippen LogP contribution is -2.26. The van der Waals surface area contributed by atoms with Gasteiger partial charge in [0, 0.05) is 44.5 Å². The monoisotopic (exact) mass is 369 g/mol. The number of fused-ring (bicyclic) bond motifs is 1. The Morgan fingerprint density at radius 2 is 2.23 bits per heavy atom. The Hall–Kier alpha value is -3.00. The van der Waals surface area contributed by atoms with E-state index in [9.17, 15) is 9.59 Å². The van der Waals surface area contributed by atoms with E-state index in [2.05, 4.69) is 16.7 Å². The van der Waals surface area contributed by atoms with Gasteiger partial charge < -0.3 is 9.88 Å². The molecule has 0 aliphatic heterocycles. The van der Waals surface area contributed by atoms with Crippen molar-refractivity contribution in [3.8, 4) is 0 Å². The van der Waals surface area contributed by atoms with Gasteiger partial charge in [0.25, 0.3) is 11.5 Å². The number of carbonyl (C=O) groups excluding carboxylic acids is 1. The van der Waals surface area contributed by atoms with Gasteiger partial charge in [-0.15, -0.1) is 6.58 Å². The van der Waals surface area contributed by atoms with Crippen LogP contribution in [0.2, 0.25) is 0 Å². The Kier molecular flexibility index (Phi) is 4.85. The molecule has 3 aromatic rings. The van der Waals surface area contributed by atoms with Gasteiger partial charge in [-0.2, -0.15) is 5.10 Å². The number of aryl methyl sites for hydroxylation is 1. The third-order valence-electron chi connectivity index (χ3n) is 4.07. The Morgan fingerprint density at radius 3 is 2.88 bits per heavy atom. The van der Waals surface area contributed by atoms with Gasteiger partial charge in [0.2, 0.25) is 0 Å². The highest BCUT2D eigenvalue weighted by atomic mass is 32.1. The lowest BCUT2D eigenvalue weighted by Gasteiger charge is -2.16. The maximum Gasteiger partial charge on any atom is 0.262 e. The van der Waals surface area contributed by atoms with Crippen molar-refractivity contribution in [2.75, 3.05) is 7.05 Å². The van der Waals surface area contributed by atoms with Crippen LogP contribution in [0.1, 0.15) is 15.9 Å². The molecule has 1 amide bonds. The van der Waals surface area contributed by atoms with E-state index in [0.29, 0.717) is 34.3 Å². The first-order valence-electron chi connectivity index (χ1n) is 8.01. The fourth-order valence-electron chi connectivity index (χ4n) is 2.80. The van der Waals surface area contributed by atoms with Crippen LogP contribution in [0.4, 0.5) is 0 Å². The highest BCUT2D eigenvalue weighted by molar-refractivity contribution is 7.71. The summed E-state index contributed by atoms with van der Waals surface area (Å²) in [6.07, 6.45) is 5.20. The highest BCUT2D eigenvalue weighted by Crippen LogP contribution is 2.14. The van der Waals surface area contributed by atoms with Gasteiger partial charge in [0.05, 0.1) is 17.1 Å². The van der Waals surface area contributed by atoms with Crippen molar-refractivity contribution >= 4 is 29.0 Å². The summed E-state index contributed by atoms with van der Waals surface area (Å²) in [6.45, 7) is 4.41. The minimum Gasteiger partial charge on any atom is -0.337 e. The van der Waals surface area contributed by atoms with Crippen LogP contribution < -0.4 is 5.56 Å². The van der Waals surface area contributed by atoms with Crippen LogP contribution in [0.25, 0.3) is 10.9 Å². The van der Waals surface area contributed by atoms with Crippen molar-refractivity contribution in [1.29, 1.82) is 0 Å². The topological polar surface area (TPSA) is 75.9 Å². The van der Waals surface area contributed by atoms with Crippen LogP contribution in [-0.4, -0.2) is 37.2 Å². The Balaban J connectivity index is 1.94. The predicted molar refractivity (Wildman–Crippen MR) is 103 cm³/mol. The molecule has 1 aromatic carbocycles. The second-order valence-electron chi connectivity index (χ2n) is 6.08. The van der Waals surface area contributed by atoms with Crippen LogP contribution >= 0.6 is 12.2 Å². The summed E-state index contributed by atoms with van der Waals surface area (Å²) in [4.78, 5) is 29.8. The third-order valence-corrected chi connectivity index (χ3v) is 4.39. The SMILES string of the molecule is C=CCn1c(=S)[nH]c2cc(C(=O)N(C)Cc3cnn(C)c3)ccc2c1=O. The quantitative estimate of drug-likeness (QED) is 0.553. The van der Waals surface area contributed by atoms with Gasteiger partial charge in [-0.1, -0.05) is 6.08 Å². The fourth-order valence-corrected chi connectivity index (χ4v) is 3.07. The molecule has 0 atom stereocenters. The number of amides is 1. The molecule has 0 saturated heterocycles. The molecule has 0 radical (unpaired) electrons. The summed E-state index contributed by atoms with van der Waals surface area (Å²) in [5.41, 5.74) is 1.76. The third kappa shape index (κ3) is 3.36. The number of H-pyrrole nitrogens is 1. The number of carbonyl (C=O) groups is 1. The van der Waals surface area contributed by atoms with Gasteiger partial charge in [0.15, 0.2) is 4.77 Å². The molecule has 0 aliphatic carbocycles. The highest BCUT2D eigenvalue weighted by Gasteiger charge is 2.15. The zero-order chi connectivity index (χ0) is 18.8. The second-order valence-corrected chi connectivity index (χ2v) is 6.47. The molecule has 0 unspecified atom stereocenters. The number of hydrogen-bond acceptors (Lipinski definition) is 4. The maximum absolute atomic E-state index is 12.7. The van der Waals surface area contributed by atoms with Crippen molar-refractivity contribution in [3.05, 3.63) is 69.5 Å². The van der Waals surface area contributed by atoms with Crippen molar-refractivity contribution < 1.29 is 4.79 Å². The summed E-state index contributed by atoms with van der Waals surface area (Å²) in [6, 6.07) is 4.96. The number of allylic oxidation sites excluding steroid dienone is 1. The van der Waals surface area contributed by atoms with Gasteiger partial charge in [0.1, 0.15) is 0 Å². The number of rotatable bonds is 5. The molecule has 2 heterocycles. The molecule has 0 spiro atoms. The van der Waals surface area contributed by atoms with E-state index >= 15 is 0 Å². The summed E-state index contributed by atoms with van der Waals surface area (Å²) >= 11 is 5.24. The smallest absolute Gasteiger partial charge is 0.262 e. The van der Waals surface area contributed by atoms with Crippen LogP contribution in [0.3, 0.4) is 0 Å². The molecule has 0 bridgehead atoms. The first-order chi connectivity index (χ1) is 12.4. The Morgan fingerprint density at radius 1 is 1.46 bits per heavy atom. The summed E-state index contributed by atoms with van der Waals surface area (Å²) in [5.74, 6) is -0.148. The number of hydrogen-bond donors (Lipinski definition) is 1. The zero-order valence-corrected chi connectivity index (χ0v) is 15.4. The van der Waals surface area contributed by atoms with E-state index in [1.807, 2.05) is 13.2 Å². The number of nitrogens with zero attached hydrogens (tertiary/aromatic N) is 4. The fraction of sp³-hybridized carbons (Fsp3) is 0.222. The molecular weight excluding hydrogens is 350 g/mol. The van der Waals surface area contributed by atoms with Crippen molar-refractivity contribution in [2.24, 2.45) is 7.05 Å². The number of aromatic nitrogens is 4. The minimum absolute atomic E-state index is 0.148. The Bertz CT molecular complexity index is 1110. The normalized spacial score (nSPS) is 10.8. The molecule has 7 nitrogen and oxygen atoms in total. The molecule has 2 aromatic heterocycles. The molecular formula is C18H19N5O2S. The molecule has 0 saturated carbocycles. The number of nitrogens with one attached hydrogen (secondary N) is 1. The number of benzene rings is 1. The van der Waals surface area contributed by atoms with Crippen molar-refractivity contribution in [3.63, 3.8) is 0 Å². The van der Waals surface area contributed by atoms with Crippen LogP contribution in [0.15, 0.2) is 48.0 Å². The van der Waals surface area contributed by atoms with Crippen LogP contribution in [-0.2, 0) is 20.1 Å². The van der Waals surface area contributed by atoms with Crippen LogP contribution in [0, 0.1) is 4.77 Å². The van der Waals surface area contributed by atoms with Gasteiger partial charge >= 0.3 is 0 Å². The first-order valence-corrected chi connectivity index (χ1v) is 8.42. The van der Waals surface area contributed by atoms with Gasteiger partial charge in [-0.05, 0) is 30.4 Å². The van der Waals surface area contributed by atoms with E-state index in [0.717, 1.165) is 5.56 Å². The average molecular weight is 369 g/mol. The minimum atomic E-state index is -0.202. The average Bonchev–Trinajstić information content (AvgIpc) is 3.02. The van der Waals surface area contributed by atoms with Crippen molar-refractivity contribution in [2.45, 2.75) is 13.1 Å². The summed E-state index contributed by atoms with van der Waals surface area (Å²) < 4.78 is 3.43. The largest absolute Gasteiger partial charge is 0.337 e. The molecule has 3 rings (SSSR count). The molecule has 0 fully saturated rings. The van der Waals surface area contributed by atoms with Crippen LogP contribution in [0.5, 0.6) is 0 Å². The van der Waals surface area contributed by atoms with E-state index < -0.39 is 0 Å². The molecule has 1 N–H and O–H groups in total. The van der Waals surface area contributed by atoms with E-state index in [4.69, 9.17) is 12.2 Å². The first kappa shape index (κ1) is 17.8. The zero-order valence-electron chi connectivity index (χ0n) is 14.6. The van der Waals surface area contributed by atoms with E-state index in [1.54, 1.807) is 47.1 Å². The molecule has 8 heteroatoms. The molecule has 0 aliphatic rings. The lowest BCUT2D eigenvalue weighted by atomic mass is 10.1. The van der Waals surface area contributed by atoms with Crippen molar-refractivity contribution in [1.82, 2.24) is 24.2 Å². The number of aromatic amines is 1. The second kappa shape index (κ2) is 7.09. The van der Waals surface area contributed by atoms with E-state index in [-0.39, 0.29) is 11.5 Å². The lowest BCUT2D eigenvalue weighted by molar-refractivity contribution is 0.0785. The van der Waals surface area contributed by atoms with E-state index in [1.165, 1.54) is 4.57 Å². The summed E-state index contributed by atoms with van der Waals surface area (Å²) in [5, 5.41) is 4.58. The van der Waals surface area contributed by atoms with Gasteiger partial charge in [-0.25, -0.2) is 0 Å². The standard InChI is InChI=1S/C18H19N5O2S/c1-4-7-23-17(25)14-6-5-13(8-15(14)20-18(23)26)16(24)21(2)10-12-9-19-22(3)11-12/h4-6,8-9,11H,1,7,10H2,2-3H3,(H,20,26). The molecule has 134 valence electrons. The predicted octanol–water partition coefficient (Wildman–Crippen LogP) is 2.25. The molecule has 26 heavy (non-hydrogen) atoms.